The zero-order valence-corrected chi connectivity index (χ0v) is 17.7. The Labute approximate surface area is 175 Å². The van der Waals surface area contributed by atoms with E-state index < -0.39 is 0 Å². The van der Waals surface area contributed by atoms with Gasteiger partial charge in [-0.15, -0.1) is 0 Å². The molecule has 2 aromatic carbocycles. The Morgan fingerprint density at radius 3 is 2.59 bits per heavy atom. The molecule has 0 spiro atoms. The van der Waals surface area contributed by atoms with E-state index in [-0.39, 0.29) is 5.91 Å². The van der Waals surface area contributed by atoms with Crippen LogP contribution in [-0.2, 0) is 11.2 Å². The van der Waals surface area contributed by atoms with Gasteiger partial charge in [-0.1, -0.05) is 37.8 Å². The van der Waals surface area contributed by atoms with Crippen molar-refractivity contribution in [2.45, 2.75) is 13.3 Å². The minimum atomic E-state index is -0.0788. The summed E-state index contributed by atoms with van der Waals surface area (Å²) >= 11 is 1.36. The molecule has 1 heterocycles. The fraction of sp³-hybridized carbons (Fsp3) is 0.217. The van der Waals surface area contributed by atoms with Crippen molar-refractivity contribution in [3.63, 3.8) is 0 Å². The fourth-order valence-electron chi connectivity index (χ4n) is 2.76. The lowest BCUT2D eigenvalue weighted by atomic mass is 10.2. The molecule has 0 radical (unpaired) electrons. The van der Waals surface area contributed by atoms with Crippen LogP contribution in [0, 0.1) is 0 Å². The number of likely N-dealkylation sites (N-methyl/N-ethyl adjacent to an activating group) is 1. The van der Waals surface area contributed by atoms with Gasteiger partial charge in [0.1, 0.15) is 6.61 Å². The number of aliphatic imine (C=N–C) groups is 1. The van der Waals surface area contributed by atoms with Gasteiger partial charge >= 0.3 is 0 Å². The molecule has 1 aliphatic rings. The molecule has 1 aliphatic heterocycles. The quantitative estimate of drug-likeness (QED) is 0.475. The first-order chi connectivity index (χ1) is 14.0. The molecule has 0 N–H and O–H groups in total. The van der Waals surface area contributed by atoms with Gasteiger partial charge in [0.05, 0.1) is 17.7 Å². The highest BCUT2D eigenvalue weighted by molar-refractivity contribution is 8.18. The van der Waals surface area contributed by atoms with Crippen molar-refractivity contribution in [1.82, 2.24) is 4.90 Å². The number of benzene rings is 2. The molecule has 3 rings (SSSR count). The molecule has 0 bridgehead atoms. The summed E-state index contributed by atoms with van der Waals surface area (Å²) in [7, 11) is 3.33. The van der Waals surface area contributed by atoms with Gasteiger partial charge in [0.2, 0.25) is 0 Å². The Hall–Kier alpha value is -2.99. The van der Waals surface area contributed by atoms with E-state index in [1.54, 1.807) is 25.1 Å². The molecule has 0 saturated carbocycles. The standard InChI is InChI=1S/C23H24N2O3S/c1-5-13-28-19-12-9-17(14-20(19)27-4)15-21-22(26)25(3)23(29-21)24-18-10-7-16(6-2)8-11-18/h5,7-12,14-15H,1,6,13H2,2-4H3/b21-15+,24-23?. The second kappa shape index (κ2) is 9.47. The number of carbonyl (C=O) groups excluding carboxylic acids is 1. The number of aryl methyl sites for hydroxylation is 1. The predicted octanol–water partition coefficient (Wildman–Crippen LogP) is 5.06. The number of rotatable bonds is 7. The van der Waals surface area contributed by atoms with Gasteiger partial charge in [0.15, 0.2) is 16.7 Å². The first-order valence-corrected chi connectivity index (χ1v) is 10.1. The fourth-order valence-corrected chi connectivity index (χ4v) is 3.75. The van der Waals surface area contributed by atoms with Crippen LogP contribution in [0.2, 0.25) is 0 Å². The highest BCUT2D eigenvalue weighted by Crippen LogP contribution is 2.35. The van der Waals surface area contributed by atoms with Crippen molar-refractivity contribution >= 4 is 34.6 Å². The minimum Gasteiger partial charge on any atom is -0.493 e. The third-order valence-corrected chi connectivity index (χ3v) is 5.48. The molecule has 1 fully saturated rings. The van der Waals surface area contributed by atoms with E-state index in [0.29, 0.717) is 28.2 Å². The third-order valence-electron chi connectivity index (χ3n) is 4.42. The van der Waals surface area contributed by atoms with Crippen LogP contribution in [0.3, 0.4) is 0 Å². The number of thioether (sulfide) groups is 1. The summed E-state index contributed by atoms with van der Waals surface area (Å²) in [6, 6.07) is 13.6. The SMILES string of the molecule is C=CCOc1ccc(/C=C2/SC(=Nc3ccc(CC)cc3)N(C)C2=O)cc1OC. The maximum atomic E-state index is 12.7. The third kappa shape index (κ3) is 4.90. The Bertz CT molecular complexity index is 965. The van der Waals surface area contributed by atoms with E-state index in [9.17, 15) is 4.79 Å². The van der Waals surface area contributed by atoms with Crippen molar-refractivity contribution in [2.24, 2.45) is 4.99 Å². The van der Waals surface area contributed by atoms with E-state index in [1.165, 1.54) is 17.3 Å². The average molecular weight is 409 g/mol. The predicted molar refractivity (Wildman–Crippen MR) is 120 cm³/mol. The molecule has 5 nitrogen and oxygen atoms in total. The lowest BCUT2D eigenvalue weighted by Crippen LogP contribution is -2.23. The second-order valence-electron chi connectivity index (χ2n) is 6.40. The first-order valence-electron chi connectivity index (χ1n) is 9.32. The normalized spacial score (nSPS) is 16.5. The molecule has 29 heavy (non-hydrogen) atoms. The first kappa shape index (κ1) is 20.7. The molecule has 0 aromatic heterocycles. The molecule has 1 amide bonds. The van der Waals surface area contributed by atoms with Gasteiger partial charge in [-0.2, -0.15) is 0 Å². The van der Waals surface area contributed by atoms with Crippen LogP contribution in [0.5, 0.6) is 11.5 Å². The summed E-state index contributed by atoms with van der Waals surface area (Å²) in [4.78, 5) is 19.5. The molecule has 0 aliphatic carbocycles. The van der Waals surface area contributed by atoms with Crippen molar-refractivity contribution in [3.8, 4) is 11.5 Å². The smallest absolute Gasteiger partial charge is 0.266 e. The Morgan fingerprint density at radius 1 is 1.17 bits per heavy atom. The van der Waals surface area contributed by atoms with Crippen molar-refractivity contribution in [1.29, 1.82) is 0 Å². The number of amidine groups is 1. The van der Waals surface area contributed by atoms with E-state index in [1.807, 2.05) is 36.4 Å². The average Bonchev–Trinajstić information content (AvgIpc) is 3.01. The van der Waals surface area contributed by atoms with Crippen LogP contribution >= 0.6 is 11.8 Å². The van der Waals surface area contributed by atoms with Crippen LogP contribution in [0.4, 0.5) is 5.69 Å². The van der Waals surface area contributed by atoms with Crippen LogP contribution < -0.4 is 9.47 Å². The van der Waals surface area contributed by atoms with E-state index in [4.69, 9.17) is 9.47 Å². The van der Waals surface area contributed by atoms with E-state index in [0.717, 1.165) is 17.7 Å². The number of carbonyl (C=O) groups is 1. The topological polar surface area (TPSA) is 51.1 Å². The van der Waals surface area contributed by atoms with Crippen LogP contribution in [0.1, 0.15) is 18.1 Å². The number of methoxy groups -OCH3 is 1. The van der Waals surface area contributed by atoms with Gasteiger partial charge < -0.3 is 9.47 Å². The lowest BCUT2D eigenvalue weighted by Gasteiger charge is -2.10. The van der Waals surface area contributed by atoms with Crippen LogP contribution in [0.15, 0.2) is 65.0 Å². The van der Waals surface area contributed by atoms with Crippen molar-refractivity contribution in [2.75, 3.05) is 20.8 Å². The second-order valence-corrected chi connectivity index (χ2v) is 7.41. The maximum Gasteiger partial charge on any atom is 0.266 e. The largest absolute Gasteiger partial charge is 0.493 e. The highest BCUT2D eigenvalue weighted by Gasteiger charge is 2.30. The summed E-state index contributed by atoms with van der Waals surface area (Å²) in [6.07, 6.45) is 4.50. The van der Waals surface area contributed by atoms with Crippen molar-refractivity contribution < 1.29 is 14.3 Å². The Morgan fingerprint density at radius 2 is 1.93 bits per heavy atom. The number of ether oxygens (including phenoxy) is 2. The van der Waals surface area contributed by atoms with Gasteiger partial charge in [-0.25, -0.2) is 4.99 Å². The lowest BCUT2D eigenvalue weighted by molar-refractivity contribution is -0.121. The molecular formula is C23H24N2O3S. The zero-order valence-electron chi connectivity index (χ0n) is 16.8. The Balaban J connectivity index is 1.83. The summed E-state index contributed by atoms with van der Waals surface area (Å²) in [5.41, 5.74) is 2.94. The van der Waals surface area contributed by atoms with Gasteiger partial charge in [0, 0.05) is 7.05 Å². The van der Waals surface area contributed by atoms with Crippen LogP contribution in [-0.4, -0.2) is 36.7 Å². The Kier molecular flexibility index (Phi) is 6.77. The molecule has 1 saturated heterocycles. The molecular weight excluding hydrogens is 384 g/mol. The highest BCUT2D eigenvalue weighted by atomic mass is 32.2. The van der Waals surface area contributed by atoms with Gasteiger partial charge in [-0.3, -0.25) is 9.69 Å². The summed E-state index contributed by atoms with van der Waals surface area (Å²) in [5.74, 6) is 1.16. The minimum absolute atomic E-state index is 0.0788. The monoisotopic (exact) mass is 408 g/mol. The number of amides is 1. The van der Waals surface area contributed by atoms with Crippen molar-refractivity contribution in [3.05, 3.63) is 71.2 Å². The number of hydrogen-bond acceptors (Lipinski definition) is 5. The van der Waals surface area contributed by atoms with E-state index in [2.05, 4.69) is 30.6 Å². The maximum absolute atomic E-state index is 12.7. The van der Waals surface area contributed by atoms with Crippen LogP contribution in [0.25, 0.3) is 6.08 Å². The van der Waals surface area contributed by atoms with E-state index >= 15 is 0 Å². The zero-order chi connectivity index (χ0) is 20.8. The van der Waals surface area contributed by atoms with Gasteiger partial charge in [0.25, 0.3) is 5.91 Å². The molecule has 2 aromatic rings. The number of hydrogen-bond donors (Lipinski definition) is 0. The molecule has 6 heteroatoms. The summed E-state index contributed by atoms with van der Waals surface area (Å²) < 4.78 is 11.0. The molecule has 0 atom stereocenters. The summed E-state index contributed by atoms with van der Waals surface area (Å²) in [5, 5.41) is 0.656. The van der Waals surface area contributed by atoms with Gasteiger partial charge in [-0.05, 0) is 59.7 Å². The number of nitrogens with zero attached hydrogens (tertiary/aromatic N) is 2. The molecule has 150 valence electrons. The summed E-state index contributed by atoms with van der Waals surface area (Å²) in [6.45, 7) is 6.16. The molecule has 0 unspecified atom stereocenters.